The van der Waals surface area contributed by atoms with Gasteiger partial charge < -0.3 is 4.74 Å². The molecular formula is C14H21F3N2O. The lowest BCUT2D eigenvalue weighted by molar-refractivity contribution is -0.137. The number of rotatable bonds is 6. The predicted molar refractivity (Wildman–Crippen MR) is 72.0 cm³/mol. The Morgan fingerprint density at radius 2 is 1.95 bits per heavy atom. The fraction of sp³-hybridized carbons (Fsp3) is 0.571. The Kier molecular flexibility index (Phi) is 5.56. The molecule has 3 N–H and O–H groups in total. The molecule has 0 heterocycles. The zero-order valence-electron chi connectivity index (χ0n) is 11.9. The first kappa shape index (κ1) is 16.9. The third-order valence-corrected chi connectivity index (χ3v) is 3.25. The minimum absolute atomic E-state index is 0.286. The molecule has 0 aliphatic heterocycles. The molecule has 0 saturated heterocycles. The van der Waals surface area contributed by atoms with Gasteiger partial charge in [0.1, 0.15) is 0 Å². The number of nitrogens with one attached hydrogen (secondary N) is 1. The molecule has 0 amide bonds. The average molecular weight is 290 g/mol. The van der Waals surface area contributed by atoms with Crippen LogP contribution in [-0.2, 0) is 17.3 Å². The van der Waals surface area contributed by atoms with Gasteiger partial charge in [0.2, 0.25) is 0 Å². The molecule has 0 aliphatic rings. The maximum absolute atomic E-state index is 12.7. The lowest BCUT2D eigenvalue weighted by atomic mass is 9.92. The molecule has 0 aliphatic carbocycles. The minimum Gasteiger partial charge on any atom is -0.374 e. The fourth-order valence-corrected chi connectivity index (χ4v) is 2.09. The lowest BCUT2D eigenvalue weighted by Crippen LogP contribution is -2.52. The van der Waals surface area contributed by atoms with Crippen molar-refractivity contribution >= 4 is 0 Å². The van der Waals surface area contributed by atoms with E-state index in [1.54, 1.807) is 6.07 Å². The predicted octanol–water partition coefficient (Wildman–Crippen LogP) is 2.89. The summed E-state index contributed by atoms with van der Waals surface area (Å²) >= 11 is 0. The van der Waals surface area contributed by atoms with Gasteiger partial charge in [-0.15, -0.1) is 0 Å². The van der Waals surface area contributed by atoms with Crippen LogP contribution in [0.3, 0.4) is 0 Å². The molecule has 0 bridgehead atoms. The van der Waals surface area contributed by atoms with Gasteiger partial charge in [0.05, 0.1) is 17.2 Å². The van der Waals surface area contributed by atoms with Gasteiger partial charge in [0, 0.05) is 6.61 Å². The van der Waals surface area contributed by atoms with E-state index in [2.05, 4.69) is 5.43 Å². The molecule has 114 valence electrons. The molecule has 1 atom stereocenters. The number of hydrazine groups is 1. The maximum Gasteiger partial charge on any atom is 0.416 e. The van der Waals surface area contributed by atoms with Crippen molar-refractivity contribution in [1.29, 1.82) is 0 Å². The Morgan fingerprint density at radius 1 is 1.30 bits per heavy atom. The minimum atomic E-state index is -4.34. The van der Waals surface area contributed by atoms with E-state index in [9.17, 15) is 13.2 Å². The van der Waals surface area contributed by atoms with Gasteiger partial charge in [-0.05, 0) is 38.8 Å². The number of nitrogens with two attached hydrogens (primary N) is 1. The number of halogens is 3. The van der Waals surface area contributed by atoms with Crippen LogP contribution >= 0.6 is 0 Å². The molecule has 0 saturated carbocycles. The second kappa shape index (κ2) is 6.56. The molecule has 20 heavy (non-hydrogen) atoms. The van der Waals surface area contributed by atoms with Crippen molar-refractivity contribution in [3.63, 3.8) is 0 Å². The highest BCUT2D eigenvalue weighted by Crippen LogP contribution is 2.30. The Morgan fingerprint density at radius 3 is 2.45 bits per heavy atom. The Bertz CT molecular complexity index is 433. The average Bonchev–Trinajstić information content (AvgIpc) is 2.35. The summed E-state index contributed by atoms with van der Waals surface area (Å²) in [4.78, 5) is 0. The third kappa shape index (κ3) is 4.47. The largest absolute Gasteiger partial charge is 0.416 e. The second-order valence-electron chi connectivity index (χ2n) is 5.16. The summed E-state index contributed by atoms with van der Waals surface area (Å²) in [6.45, 7) is 6.08. The fourth-order valence-electron chi connectivity index (χ4n) is 2.09. The molecule has 1 aromatic rings. The number of benzene rings is 1. The summed E-state index contributed by atoms with van der Waals surface area (Å²) in [6, 6.07) is 4.97. The number of hydrogen-bond donors (Lipinski definition) is 2. The summed E-state index contributed by atoms with van der Waals surface area (Å²) in [7, 11) is 0. The van der Waals surface area contributed by atoms with Gasteiger partial charge in [-0.3, -0.25) is 11.3 Å². The molecule has 1 unspecified atom stereocenters. The van der Waals surface area contributed by atoms with Crippen LogP contribution in [0.25, 0.3) is 0 Å². The van der Waals surface area contributed by atoms with E-state index in [1.165, 1.54) is 6.07 Å². The molecule has 0 fully saturated rings. The van der Waals surface area contributed by atoms with Crippen LogP contribution in [0.15, 0.2) is 24.3 Å². The molecule has 3 nitrogen and oxygen atoms in total. The van der Waals surface area contributed by atoms with Crippen molar-refractivity contribution in [1.82, 2.24) is 5.43 Å². The van der Waals surface area contributed by atoms with Gasteiger partial charge in [0.15, 0.2) is 0 Å². The van der Waals surface area contributed by atoms with Crippen LogP contribution in [0.4, 0.5) is 13.2 Å². The number of ether oxygens (including phenoxy) is 1. The molecule has 0 radical (unpaired) electrons. The van der Waals surface area contributed by atoms with E-state index >= 15 is 0 Å². The maximum atomic E-state index is 12.7. The summed E-state index contributed by atoms with van der Waals surface area (Å²) < 4.78 is 43.6. The monoisotopic (exact) mass is 290 g/mol. The summed E-state index contributed by atoms with van der Waals surface area (Å²) in [5.41, 5.74) is 1.97. The SMILES string of the molecule is CCOC(C)(C)C(Cc1cccc(C(F)(F)F)c1)NN. The Hall–Kier alpha value is -1.11. The topological polar surface area (TPSA) is 47.3 Å². The van der Waals surface area contributed by atoms with E-state index < -0.39 is 17.3 Å². The first-order valence-corrected chi connectivity index (χ1v) is 6.47. The molecule has 0 spiro atoms. The van der Waals surface area contributed by atoms with E-state index in [0.717, 1.165) is 12.1 Å². The first-order chi connectivity index (χ1) is 9.20. The molecule has 6 heteroatoms. The van der Waals surface area contributed by atoms with Gasteiger partial charge in [0.25, 0.3) is 0 Å². The van der Waals surface area contributed by atoms with Gasteiger partial charge in [-0.25, -0.2) is 0 Å². The van der Waals surface area contributed by atoms with Crippen molar-refractivity contribution in [2.75, 3.05) is 6.61 Å². The smallest absolute Gasteiger partial charge is 0.374 e. The van der Waals surface area contributed by atoms with Crippen LogP contribution in [0, 0.1) is 0 Å². The quantitative estimate of drug-likeness (QED) is 0.625. The van der Waals surface area contributed by atoms with Gasteiger partial charge in [-0.2, -0.15) is 13.2 Å². The van der Waals surface area contributed by atoms with E-state index in [4.69, 9.17) is 10.6 Å². The summed E-state index contributed by atoms with van der Waals surface area (Å²) in [5.74, 6) is 5.51. The van der Waals surface area contributed by atoms with Crippen molar-refractivity contribution in [2.24, 2.45) is 5.84 Å². The Labute approximate surface area is 117 Å². The molecular weight excluding hydrogens is 269 g/mol. The second-order valence-corrected chi connectivity index (χ2v) is 5.16. The molecule has 1 aromatic carbocycles. The zero-order valence-corrected chi connectivity index (χ0v) is 11.9. The highest BCUT2D eigenvalue weighted by Gasteiger charge is 2.32. The van der Waals surface area contributed by atoms with Crippen molar-refractivity contribution in [3.8, 4) is 0 Å². The van der Waals surface area contributed by atoms with E-state index in [1.807, 2.05) is 20.8 Å². The van der Waals surface area contributed by atoms with E-state index in [0.29, 0.717) is 18.6 Å². The van der Waals surface area contributed by atoms with Crippen LogP contribution in [0.2, 0.25) is 0 Å². The Balaban J connectivity index is 2.91. The van der Waals surface area contributed by atoms with Gasteiger partial charge >= 0.3 is 6.18 Å². The van der Waals surface area contributed by atoms with Crippen molar-refractivity contribution in [2.45, 2.75) is 45.0 Å². The van der Waals surface area contributed by atoms with Crippen LogP contribution in [0.1, 0.15) is 31.9 Å². The highest BCUT2D eigenvalue weighted by atomic mass is 19.4. The zero-order chi connectivity index (χ0) is 15.4. The molecule has 0 aromatic heterocycles. The standard InChI is InChI=1S/C14H21F3N2O/c1-4-20-13(2,3)12(19-18)9-10-6-5-7-11(8-10)14(15,16)17/h5-8,12,19H,4,9,18H2,1-3H3. The van der Waals surface area contributed by atoms with E-state index in [-0.39, 0.29) is 6.04 Å². The van der Waals surface area contributed by atoms with Crippen LogP contribution < -0.4 is 11.3 Å². The molecule has 1 rings (SSSR count). The van der Waals surface area contributed by atoms with Crippen molar-refractivity contribution in [3.05, 3.63) is 35.4 Å². The summed E-state index contributed by atoms with van der Waals surface area (Å²) in [5, 5.41) is 0. The third-order valence-electron chi connectivity index (χ3n) is 3.25. The number of hydrogen-bond acceptors (Lipinski definition) is 3. The van der Waals surface area contributed by atoms with Crippen molar-refractivity contribution < 1.29 is 17.9 Å². The lowest BCUT2D eigenvalue weighted by Gasteiger charge is -2.33. The highest BCUT2D eigenvalue weighted by molar-refractivity contribution is 5.26. The normalized spacial score (nSPS) is 14.3. The number of alkyl halides is 3. The first-order valence-electron chi connectivity index (χ1n) is 6.47. The van der Waals surface area contributed by atoms with Crippen LogP contribution in [-0.4, -0.2) is 18.2 Å². The summed E-state index contributed by atoms with van der Waals surface area (Å²) in [6.07, 6.45) is -3.98. The van der Waals surface area contributed by atoms with Gasteiger partial charge in [-0.1, -0.05) is 18.2 Å². The van der Waals surface area contributed by atoms with Crippen LogP contribution in [0.5, 0.6) is 0 Å².